The Morgan fingerprint density at radius 2 is 1.95 bits per heavy atom. The Kier molecular flexibility index (Phi) is 3.84. The first-order chi connectivity index (χ1) is 10.4. The quantitative estimate of drug-likeness (QED) is 0.895. The molecule has 0 bridgehead atoms. The summed E-state index contributed by atoms with van der Waals surface area (Å²) in [5.74, 6) is 3.64. The summed E-state index contributed by atoms with van der Waals surface area (Å²) < 4.78 is 0. The molecule has 2 atom stereocenters. The molecule has 2 unspecified atom stereocenters. The van der Waals surface area contributed by atoms with E-state index < -0.39 is 0 Å². The van der Waals surface area contributed by atoms with Crippen LogP contribution in [0.2, 0.25) is 0 Å². The second-order valence-corrected chi connectivity index (χ2v) is 7.16. The summed E-state index contributed by atoms with van der Waals surface area (Å²) >= 11 is 0. The van der Waals surface area contributed by atoms with Crippen molar-refractivity contribution in [3.05, 3.63) is 5.82 Å². The highest BCUT2D eigenvalue weighted by Gasteiger charge is 2.35. The predicted octanol–water partition coefficient (Wildman–Crippen LogP) is 2.12. The number of H-pyrrole nitrogens is 1. The highest BCUT2D eigenvalue weighted by atomic mass is 15.4. The molecule has 1 saturated carbocycles. The van der Waals surface area contributed by atoms with Gasteiger partial charge < -0.3 is 10.2 Å². The second-order valence-electron chi connectivity index (χ2n) is 7.16. The predicted molar refractivity (Wildman–Crippen MR) is 83.4 cm³/mol. The first kappa shape index (κ1) is 13.6. The van der Waals surface area contributed by atoms with E-state index >= 15 is 0 Å². The van der Waals surface area contributed by atoms with Crippen LogP contribution in [0.1, 0.15) is 50.8 Å². The number of rotatable bonds is 3. The van der Waals surface area contributed by atoms with Gasteiger partial charge in [-0.25, -0.2) is 0 Å². The second kappa shape index (κ2) is 5.95. The number of aromatic nitrogens is 3. The van der Waals surface area contributed by atoms with Gasteiger partial charge in [0.2, 0.25) is 5.95 Å². The molecule has 5 heteroatoms. The van der Waals surface area contributed by atoms with E-state index in [0.29, 0.717) is 6.04 Å². The van der Waals surface area contributed by atoms with Crippen molar-refractivity contribution >= 4 is 5.95 Å². The minimum atomic E-state index is 0.652. The zero-order valence-corrected chi connectivity index (χ0v) is 12.9. The van der Waals surface area contributed by atoms with Crippen LogP contribution in [0.3, 0.4) is 0 Å². The van der Waals surface area contributed by atoms with Crippen LogP contribution >= 0.6 is 0 Å². The average molecular weight is 289 g/mol. The van der Waals surface area contributed by atoms with Gasteiger partial charge in [0.25, 0.3) is 0 Å². The molecule has 4 rings (SSSR count). The molecule has 2 aliphatic heterocycles. The van der Waals surface area contributed by atoms with Crippen LogP contribution in [0.25, 0.3) is 0 Å². The minimum absolute atomic E-state index is 0.652. The standard InChI is InChI=1S/C16H27N5/c1-2-5-12(6-3-1)9-15-18-16(20-19-15)21-10-13-7-4-8-17-14(13)11-21/h12-14,17H,1-11H2,(H,18,19,20). The zero-order chi connectivity index (χ0) is 14.1. The summed E-state index contributed by atoms with van der Waals surface area (Å²) in [5, 5.41) is 11.3. The monoisotopic (exact) mass is 289 g/mol. The lowest BCUT2D eigenvalue weighted by molar-refractivity contribution is 0.340. The summed E-state index contributed by atoms with van der Waals surface area (Å²) in [6.07, 6.45) is 10.7. The van der Waals surface area contributed by atoms with E-state index in [4.69, 9.17) is 4.98 Å². The number of piperidine rings is 1. The van der Waals surface area contributed by atoms with Crippen molar-refractivity contribution in [1.29, 1.82) is 0 Å². The van der Waals surface area contributed by atoms with Crippen LogP contribution < -0.4 is 10.2 Å². The number of nitrogens with one attached hydrogen (secondary N) is 2. The fourth-order valence-corrected chi connectivity index (χ4v) is 4.39. The van der Waals surface area contributed by atoms with Gasteiger partial charge in [-0.2, -0.15) is 4.98 Å². The van der Waals surface area contributed by atoms with Crippen molar-refractivity contribution in [3.63, 3.8) is 0 Å². The van der Waals surface area contributed by atoms with E-state index in [1.165, 1.54) is 51.5 Å². The first-order valence-electron chi connectivity index (χ1n) is 8.78. The zero-order valence-electron chi connectivity index (χ0n) is 12.9. The lowest BCUT2D eigenvalue weighted by Gasteiger charge is -2.24. The molecule has 0 aromatic carbocycles. The molecule has 3 fully saturated rings. The van der Waals surface area contributed by atoms with Crippen LogP contribution in [0.4, 0.5) is 5.95 Å². The van der Waals surface area contributed by atoms with Gasteiger partial charge in [0.05, 0.1) is 0 Å². The number of fused-ring (bicyclic) bond motifs is 1. The van der Waals surface area contributed by atoms with Gasteiger partial charge in [0.15, 0.2) is 0 Å². The van der Waals surface area contributed by atoms with Crippen molar-refractivity contribution in [3.8, 4) is 0 Å². The highest BCUT2D eigenvalue weighted by molar-refractivity contribution is 5.32. The molecule has 3 heterocycles. The molecule has 2 N–H and O–H groups in total. The maximum absolute atomic E-state index is 4.78. The molecule has 1 aromatic rings. The number of anilines is 1. The van der Waals surface area contributed by atoms with Gasteiger partial charge in [-0.1, -0.05) is 32.1 Å². The third-order valence-electron chi connectivity index (χ3n) is 5.61. The van der Waals surface area contributed by atoms with Crippen LogP contribution in [-0.2, 0) is 6.42 Å². The molecule has 116 valence electrons. The molecule has 0 radical (unpaired) electrons. The fourth-order valence-electron chi connectivity index (χ4n) is 4.39. The van der Waals surface area contributed by atoms with Gasteiger partial charge in [0, 0.05) is 25.6 Å². The van der Waals surface area contributed by atoms with E-state index in [2.05, 4.69) is 20.4 Å². The molecule has 3 aliphatic rings. The van der Waals surface area contributed by atoms with Crippen molar-refractivity contribution in [1.82, 2.24) is 20.5 Å². The molecule has 1 aromatic heterocycles. The molecule has 21 heavy (non-hydrogen) atoms. The van der Waals surface area contributed by atoms with E-state index in [1.807, 2.05) is 0 Å². The molecular formula is C16H27N5. The van der Waals surface area contributed by atoms with E-state index in [-0.39, 0.29) is 0 Å². The van der Waals surface area contributed by atoms with Gasteiger partial charge in [-0.05, 0) is 31.2 Å². The van der Waals surface area contributed by atoms with E-state index in [1.54, 1.807) is 0 Å². The molecule has 0 spiro atoms. The summed E-state index contributed by atoms with van der Waals surface area (Å²) in [5.41, 5.74) is 0. The number of hydrogen-bond acceptors (Lipinski definition) is 4. The highest BCUT2D eigenvalue weighted by Crippen LogP contribution is 2.29. The maximum atomic E-state index is 4.78. The SMILES string of the molecule is C1CCC(Cc2nc(N3CC4CCCNC4C3)n[nH]2)CC1. The summed E-state index contributed by atoms with van der Waals surface area (Å²) in [6.45, 7) is 3.37. The van der Waals surface area contributed by atoms with Crippen LogP contribution in [0.5, 0.6) is 0 Å². The Balaban J connectivity index is 1.38. The fraction of sp³-hybridized carbons (Fsp3) is 0.875. The van der Waals surface area contributed by atoms with Gasteiger partial charge in [-0.15, -0.1) is 5.10 Å². The van der Waals surface area contributed by atoms with Gasteiger partial charge in [-0.3, -0.25) is 5.10 Å². The molecular weight excluding hydrogens is 262 g/mol. The third kappa shape index (κ3) is 2.93. The number of nitrogens with zero attached hydrogens (tertiary/aromatic N) is 3. The normalized spacial score (nSPS) is 30.6. The van der Waals surface area contributed by atoms with Crippen molar-refractivity contribution < 1.29 is 0 Å². The lowest BCUT2D eigenvalue weighted by Crippen LogP contribution is -2.40. The van der Waals surface area contributed by atoms with Gasteiger partial charge in [0.1, 0.15) is 5.82 Å². The maximum Gasteiger partial charge on any atom is 0.244 e. The Morgan fingerprint density at radius 1 is 1.05 bits per heavy atom. The Bertz CT molecular complexity index is 451. The minimum Gasteiger partial charge on any atom is -0.338 e. The summed E-state index contributed by atoms with van der Waals surface area (Å²) in [7, 11) is 0. The third-order valence-corrected chi connectivity index (χ3v) is 5.61. The largest absolute Gasteiger partial charge is 0.338 e. The van der Waals surface area contributed by atoms with Crippen molar-refractivity contribution in [2.75, 3.05) is 24.5 Å². The average Bonchev–Trinajstić information content (AvgIpc) is 3.14. The molecule has 5 nitrogen and oxygen atoms in total. The Hall–Kier alpha value is -1.10. The molecule has 2 saturated heterocycles. The Labute approximate surface area is 126 Å². The Morgan fingerprint density at radius 3 is 2.81 bits per heavy atom. The van der Waals surface area contributed by atoms with Gasteiger partial charge >= 0.3 is 0 Å². The van der Waals surface area contributed by atoms with Crippen molar-refractivity contribution in [2.24, 2.45) is 11.8 Å². The molecule has 1 aliphatic carbocycles. The van der Waals surface area contributed by atoms with Crippen LogP contribution in [0, 0.1) is 11.8 Å². The smallest absolute Gasteiger partial charge is 0.244 e. The lowest BCUT2D eigenvalue weighted by atomic mass is 9.87. The summed E-state index contributed by atoms with van der Waals surface area (Å²) in [6, 6.07) is 0.652. The van der Waals surface area contributed by atoms with Crippen LogP contribution in [-0.4, -0.2) is 40.9 Å². The van der Waals surface area contributed by atoms with Crippen LogP contribution in [0.15, 0.2) is 0 Å². The molecule has 0 amide bonds. The topological polar surface area (TPSA) is 56.8 Å². The first-order valence-corrected chi connectivity index (χ1v) is 8.78. The van der Waals surface area contributed by atoms with Crippen molar-refractivity contribution in [2.45, 2.75) is 57.4 Å². The van der Waals surface area contributed by atoms with E-state index in [9.17, 15) is 0 Å². The number of aromatic amines is 1. The summed E-state index contributed by atoms with van der Waals surface area (Å²) in [4.78, 5) is 7.15. The van der Waals surface area contributed by atoms with E-state index in [0.717, 1.165) is 43.1 Å². The number of hydrogen-bond donors (Lipinski definition) is 2.